The zero-order chi connectivity index (χ0) is 13.4. The van der Waals surface area contributed by atoms with Gasteiger partial charge in [0.15, 0.2) is 0 Å². The number of halogens is 1. The first kappa shape index (κ1) is 15.6. The fourth-order valence-corrected chi connectivity index (χ4v) is 3.64. The average molecular weight is 302 g/mol. The van der Waals surface area contributed by atoms with Crippen LogP contribution < -0.4 is 5.32 Å². The van der Waals surface area contributed by atoms with E-state index in [0.29, 0.717) is 25.0 Å². The zero-order valence-electron chi connectivity index (χ0n) is 12.0. The molecule has 20 heavy (non-hydrogen) atoms. The predicted molar refractivity (Wildman–Crippen MR) is 78.8 cm³/mol. The van der Waals surface area contributed by atoms with Crippen molar-refractivity contribution < 1.29 is 9.59 Å². The number of likely N-dealkylation sites (tertiary alicyclic amines) is 2. The molecular formula is C14H24ClN3O2. The Kier molecular flexibility index (Phi) is 4.91. The van der Waals surface area contributed by atoms with Crippen LogP contribution in [-0.2, 0) is 9.59 Å². The number of nitrogens with zero attached hydrogens (tertiary/aromatic N) is 2. The van der Waals surface area contributed by atoms with E-state index in [9.17, 15) is 9.59 Å². The summed E-state index contributed by atoms with van der Waals surface area (Å²) in [6.07, 6.45) is 3.89. The Morgan fingerprint density at radius 1 is 1.25 bits per heavy atom. The summed E-state index contributed by atoms with van der Waals surface area (Å²) in [5.41, 5.74) is 0. The number of fused-ring (bicyclic) bond motifs is 2. The van der Waals surface area contributed by atoms with Gasteiger partial charge in [0.1, 0.15) is 0 Å². The Labute approximate surface area is 126 Å². The van der Waals surface area contributed by atoms with Crippen LogP contribution in [0.15, 0.2) is 0 Å². The van der Waals surface area contributed by atoms with E-state index in [0.717, 1.165) is 26.1 Å². The van der Waals surface area contributed by atoms with Crippen molar-refractivity contribution in [2.45, 2.75) is 44.7 Å². The summed E-state index contributed by atoms with van der Waals surface area (Å²) in [6.45, 7) is 4.98. The molecule has 3 atom stereocenters. The first-order chi connectivity index (χ1) is 9.17. The molecule has 1 N–H and O–H groups in total. The Hall–Kier alpha value is -0.810. The summed E-state index contributed by atoms with van der Waals surface area (Å²) < 4.78 is 0. The third-order valence-corrected chi connectivity index (χ3v) is 4.78. The molecule has 3 saturated heterocycles. The Morgan fingerprint density at radius 2 is 2.00 bits per heavy atom. The molecule has 6 heteroatoms. The van der Waals surface area contributed by atoms with Crippen LogP contribution in [0.4, 0.5) is 0 Å². The van der Waals surface area contributed by atoms with E-state index < -0.39 is 0 Å². The SMILES string of the molecule is CCN1CC(C(=O)N2CCC3CCC(C2)N3)CC1=O.Cl. The van der Waals surface area contributed by atoms with Crippen molar-refractivity contribution in [1.29, 1.82) is 0 Å². The maximum absolute atomic E-state index is 12.6. The van der Waals surface area contributed by atoms with Crippen molar-refractivity contribution in [3.63, 3.8) is 0 Å². The van der Waals surface area contributed by atoms with Gasteiger partial charge in [-0.05, 0) is 26.2 Å². The number of hydrogen-bond acceptors (Lipinski definition) is 3. The summed E-state index contributed by atoms with van der Waals surface area (Å²) in [7, 11) is 0. The topological polar surface area (TPSA) is 52.7 Å². The van der Waals surface area contributed by atoms with Crippen molar-refractivity contribution >= 4 is 24.2 Å². The van der Waals surface area contributed by atoms with Gasteiger partial charge < -0.3 is 15.1 Å². The molecule has 3 heterocycles. The van der Waals surface area contributed by atoms with Crippen LogP contribution in [-0.4, -0.2) is 59.9 Å². The second-order valence-electron chi connectivity index (χ2n) is 6.04. The molecule has 0 aliphatic carbocycles. The van der Waals surface area contributed by atoms with Gasteiger partial charge in [0.05, 0.1) is 5.92 Å². The van der Waals surface area contributed by atoms with E-state index in [4.69, 9.17) is 0 Å². The summed E-state index contributed by atoms with van der Waals surface area (Å²) in [5.74, 6) is 0.220. The third kappa shape index (κ3) is 2.93. The standard InChI is InChI=1S/C14H23N3O2.ClH/c1-2-16-8-10(7-13(16)18)14(19)17-6-5-11-3-4-12(9-17)15-11;/h10-12,15H,2-9H2,1H3;1H. The van der Waals surface area contributed by atoms with Gasteiger partial charge in [0.25, 0.3) is 0 Å². The summed E-state index contributed by atoms with van der Waals surface area (Å²) in [4.78, 5) is 28.1. The summed E-state index contributed by atoms with van der Waals surface area (Å²) >= 11 is 0. The first-order valence-electron chi connectivity index (χ1n) is 7.50. The highest BCUT2D eigenvalue weighted by Gasteiger charge is 2.38. The lowest BCUT2D eigenvalue weighted by Gasteiger charge is -2.26. The van der Waals surface area contributed by atoms with Crippen molar-refractivity contribution in [3.8, 4) is 0 Å². The molecule has 3 unspecified atom stereocenters. The lowest BCUT2D eigenvalue weighted by Crippen LogP contribution is -2.42. The molecule has 0 aromatic carbocycles. The Balaban J connectivity index is 0.00000147. The second kappa shape index (κ2) is 6.31. The largest absolute Gasteiger partial charge is 0.342 e. The molecule has 3 aliphatic heterocycles. The molecule has 3 aliphatic rings. The number of nitrogens with one attached hydrogen (secondary N) is 1. The lowest BCUT2D eigenvalue weighted by molar-refractivity contribution is -0.136. The number of carbonyl (C=O) groups excluding carboxylic acids is 2. The number of amides is 2. The Bertz CT molecular complexity index is 391. The quantitative estimate of drug-likeness (QED) is 0.814. The molecule has 0 spiro atoms. The van der Waals surface area contributed by atoms with Gasteiger partial charge in [-0.3, -0.25) is 9.59 Å². The van der Waals surface area contributed by atoms with Gasteiger partial charge in [-0.25, -0.2) is 0 Å². The minimum absolute atomic E-state index is 0. The van der Waals surface area contributed by atoms with E-state index in [1.807, 2.05) is 11.8 Å². The van der Waals surface area contributed by atoms with Crippen LogP contribution in [0.25, 0.3) is 0 Å². The minimum Gasteiger partial charge on any atom is -0.342 e. The maximum Gasteiger partial charge on any atom is 0.228 e. The number of rotatable bonds is 2. The van der Waals surface area contributed by atoms with Crippen LogP contribution in [0, 0.1) is 5.92 Å². The van der Waals surface area contributed by atoms with Gasteiger partial charge >= 0.3 is 0 Å². The van der Waals surface area contributed by atoms with Crippen LogP contribution in [0.3, 0.4) is 0 Å². The minimum atomic E-state index is -0.107. The number of hydrogen-bond donors (Lipinski definition) is 1. The highest BCUT2D eigenvalue weighted by molar-refractivity contribution is 5.89. The molecule has 5 nitrogen and oxygen atoms in total. The van der Waals surface area contributed by atoms with E-state index in [-0.39, 0.29) is 30.1 Å². The van der Waals surface area contributed by atoms with Crippen molar-refractivity contribution in [3.05, 3.63) is 0 Å². The molecule has 0 radical (unpaired) electrons. The lowest BCUT2D eigenvalue weighted by atomic mass is 10.0. The van der Waals surface area contributed by atoms with Crippen molar-refractivity contribution in [2.75, 3.05) is 26.2 Å². The molecule has 0 saturated carbocycles. The van der Waals surface area contributed by atoms with Crippen LogP contribution in [0.5, 0.6) is 0 Å². The monoisotopic (exact) mass is 301 g/mol. The fourth-order valence-electron chi connectivity index (χ4n) is 3.64. The fraction of sp³-hybridized carbons (Fsp3) is 0.857. The molecule has 2 amide bonds. The smallest absolute Gasteiger partial charge is 0.228 e. The summed E-state index contributed by atoms with van der Waals surface area (Å²) in [5, 5.41) is 3.59. The number of carbonyl (C=O) groups is 2. The predicted octanol–water partition coefficient (Wildman–Crippen LogP) is 0.630. The van der Waals surface area contributed by atoms with Gasteiger partial charge in [0, 0.05) is 44.7 Å². The van der Waals surface area contributed by atoms with Gasteiger partial charge in [-0.15, -0.1) is 12.4 Å². The molecule has 2 bridgehead atoms. The molecule has 3 fully saturated rings. The van der Waals surface area contributed by atoms with E-state index in [1.54, 1.807) is 4.90 Å². The third-order valence-electron chi connectivity index (χ3n) is 4.78. The highest BCUT2D eigenvalue weighted by atomic mass is 35.5. The average Bonchev–Trinajstić information content (AvgIpc) is 2.91. The van der Waals surface area contributed by atoms with Gasteiger partial charge in [-0.2, -0.15) is 0 Å². The normalized spacial score (nSPS) is 33.0. The second-order valence-corrected chi connectivity index (χ2v) is 6.04. The molecule has 114 valence electrons. The van der Waals surface area contributed by atoms with Crippen LogP contribution in [0.2, 0.25) is 0 Å². The molecule has 0 aromatic rings. The summed E-state index contributed by atoms with van der Waals surface area (Å²) in [6, 6.07) is 1.07. The van der Waals surface area contributed by atoms with Crippen LogP contribution >= 0.6 is 12.4 Å². The van der Waals surface area contributed by atoms with Crippen molar-refractivity contribution in [2.24, 2.45) is 5.92 Å². The maximum atomic E-state index is 12.6. The Morgan fingerprint density at radius 3 is 2.70 bits per heavy atom. The van der Waals surface area contributed by atoms with Gasteiger partial charge in [0.2, 0.25) is 11.8 Å². The zero-order valence-corrected chi connectivity index (χ0v) is 12.8. The van der Waals surface area contributed by atoms with E-state index in [1.165, 1.54) is 12.8 Å². The molecule has 3 rings (SSSR count). The van der Waals surface area contributed by atoms with E-state index >= 15 is 0 Å². The molecule has 0 aromatic heterocycles. The highest BCUT2D eigenvalue weighted by Crippen LogP contribution is 2.24. The van der Waals surface area contributed by atoms with E-state index in [2.05, 4.69) is 5.32 Å². The van der Waals surface area contributed by atoms with Gasteiger partial charge in [-0.1, -0.05) is 0 Å². The molecular weight excluding hydrogens is 278 g/mol. The van der Waals surface area contributed by atoms with Crippen molar-refractivity contribution in [1.82, 2.24) is 15.1 Å². The first-order valence-corrected chi connectivity index (χ1v) is 7.50. The van der Waals surface area contributed by atoms with Crippen LogP contribution in [0.1, 0.15) is 32.6 Å².